The van der Waals surface area contributed by atoms with Crippen LogP contribution in [0.4, 0.5) is 10.5 Å². The van der Waals surface area contributed by atoms with E-state index in [1.807, 2.05) is 0 Å². The maximum Gasteiger partial charge on any atom is 0.419 e. The van der Waals surface area contributed by atoms with Gasteiger partial charge in [-0.2, -0.15) is 0 Å². The van der Waals surface area contributed by atoms with Crippen molar-refractivity contribution in [1.82, 2.24) is 4.57 Å². The number of nitro benzene ring substituents is 1. The second-order valence-corrected chi connectivity index (χ2v) is 5.09. The van der Waals surface area contributed by atoms with E-state index in [1.165, 1.54) is 28.8 Å². The number of carbonyl (C=O) groups excluding carboxylic acids is 1. The molecule has 0 spiro atoms. The summed E-state index contributed by atoms with van der Waals surface area (Å²) in [5.41, 5.74) is -0.106. The largest absolute Gasteiger partial charge is 0.443 e. The molecular weight excluding hydrogens is 248 g/mol. The Balaban J connectivity index is 2.41. The van der Waals surface area contributed by atoms with Crippen LogP contribution in [0.3, 0.4) is 0 Å². The van der Waals surface area contributed by atoms with Crippen molar-refractivity contribution in [1.29, 1.82) is 0 Å². The fourth-order valence-corrected chi connectivity index (χ4v) is 1.64. The summed E-state index contributed by atoms with van der Waals surface area (Å²) >= 11 is 0. The standard InChI is InChI=1S/C13H13N2O4/c1-13(2,3)19-12(16)14-7-6-9-8-10(15(17)18)4-5-11(9)14/h4-6,8H,1-3H3. The van der Waals surface area contributed by atoms with Gasteiger partial charge in [0.1, 0.15) is 5.60 Å². The summed E-state index contributed by atoms with van der Waals surface area (Å²) < 4.78 is 6.44. The van der Waals surface area contributed by atoms with Crippen molar-refractivity contribution in [2.45, 2.75) is 26.4 Å². The minimum atomic E-state index is -0.609. The molecule has 1 aromatic carbocycles. The van der Waals surface area contributed by atoms with Crippen molar-refractivity contribution in [3.63, 3.8) is 0 Å². The number of hydrogen-bond acceptors (Lipinski definition) is 4. The van der Waals surface area contributed by atoms with Crippen LogP contribution in [0, 0.1) is 16.3 Å². The summed E-state index contributed by atoms with van der Waals surface area (Å²) in [6.45, 7) is 5.30. The van der Waals surface area contributed by atoms with Crippen LogP contribution in [-0.2, 0) is 4.74 Å². The number of hydrogen-bond donors (Lipinski definition) is 0. The Kier molecular flexibility index (Phi) is 3.01. The van der Waals surface area contributed by atoms with E-state index in [1.54, 1.807) is 20.8 Å². The number of rotatable bonds is 1. The Labute approximate surface area is 109 Å². The Hall–Kier alpha value is -2.37. The van der Waals surface area contributed by atoms with Gasteiger partial charge in [0.15, 0.2) is 0 Å². The van der Waals surface area contributed by atoms with Gasteiger partial charge in [-0.25, -0.2) is 9.36 Å². The fourth-order valence-electron chi connectivity index (χ4n) is 1.64. The molecule has 0 aliphatic rings. The van der Waals surface area contributed by atoms with Crippen LogP contribution >= 0.6 is 0 Å². The van der Waals surface area contributed by atoms with Crippen LogP contribution in [0.15, 0.2) is 24.3 Å². The van der Waals surface area contributed by atoms with Crippen molar-refractivity contribution in [2.24, 2.45) is 0 Å². The summed E-state index contributed by atoms with van der Waals surface area (Å²) in [5.74, 6) is 0. The summed E-state index contributed by atoms with van der Waals surface area (Å²) in [6.07, 6.45) is 2.16. The molecule has 1 aromatic heterocycles. The third-order valence-electron chi connectivity index (χ3n) is 2.39. The summed E-state index contributed by atoms with van der Waals surface area (Å²) in [7, 11) is 0. The number of carbonyl (C=O) groups is 1. The zero-order valence-corrected chi connectivity index (χ0v) is 10.8. The van der Waals surface area contributed by atoms with Gasteiger partial charge in [0.2, 0.25) is 0 Å². The van der Waals surface area contributed by atoms with E-state index >= 15 is 0 Å². The molecule has 1 heterocycles. The van der Waals surface area contributed by atoms with Gasteiger partial charge in [-0.3, -0.25) is 10.1 Å². The summed E-state index contributed by atoms with van der Waals surface area (Å²) in [6, 6.07) is 5.77. The van der Waals surface area contributed by atoms with Crippen molar-refractivity contribution >= 4 is 22.7 Å². The second-order valence-electron chi connectivity index (χ2n) is 5.09. The number of fused-ring (bicyclic) bond motifs is 1. The lowest BCUT2D eigenvalue weighted by Crippen LogP contribution is -2.26. The first-order chi connectivity index (χ1) is 8.78. The van der Waals surface area contributed by atoms with E-state index in [0.717, 1.165) is 0 Å². The van der Waals surface area contributed by atoms with Crippen LogP contribution in [0.2, 0.25) is 0 Å². The second kappa shape index (κ2) is 4.38. The molecule has 1 radical (unpaired) electrons. The highest BCUT2D eigenvalue weighted by atomic mass is 16.6. The topological polar surface area (TPSA) is 74.4 Å². The molecule has 2 rings (SSSR count). The first kappa shape index (κ1) is 13.1. The highest BCUT2D eigenvalue weighted by Gasteiger charge is 2.19. The van der Waals surface area contributed by atoms with Gasteiger partial charge in [0.05, 0.1) is 16.6 Å². The molecule has 6 nitrogen and oxygen atoms in total. The smallest absolute Gasteiger partial charge is 0.419 e. The van der Waals surface area contributed by atoms with Crippen molar-refractivity contribution in [3.05, 3.63) is 40.6 Å². The molecule has 6 heteroatoms. The molecule has 0 bridgehead atoms. The van der Waals surface area contributed by atoms with Gasteiger partial charge in [-0.1, -0.05) is 0 Å². The van der Waals surface area contributed by atoms with Gasteiger partial charge >= 0.3 is 6.09 Å². The lowest BCUT2D eigenvalue weighted by atomic mass is 10.2. The Bertz CT molecular complexity index is 652. The fraction of sp³-hybridized carbons (Fsp3) is 0.308. The van der Waals surface area contributed by atoms with Gasteiger partial charge in [-0.05, 0) is 32.9 Å². The Morgan fingerprint density at radius 3 is 2.68 bits per heavy atom. The third-order valence-corrected chi connectivity index (χ3v) is 2.39. The molecule has 0 N–H and O–H groups in total. The molecule has 0 saturated heterocycles. The monoisotopic (exact) mass is 261 g/mol. The van der Waals surface area contributed by atoms with Crippen LogP contribution in [0.1, 0.15) is 20.8 Å². The molecule has 0 fully saturated rings. The van der Waals surface area contributed by atoms with Crippen molar-refractivity contribution < 1.29 is 14.5 Å². The van der Waals surface area contributed by atoms with E-state index < -0.39 is 16.6 Å². The molecular formula is C13H13N2O4. The average Bonchev–Trinajstić information content (AvgIpc) is 2.68. The molecule has 0 amide bonds. The van der Waals surface area contributed by atoms with Crippen LogP contribution < -0.4 is 0 Å². The minimum absolute atomic E-state index is 0.0251. The number of benzene rings is 1. The lowest BCUT2D eigenvalue weighted by molar-refractivity contribution is -0.384. The van der Waals surface area contributed by atoms with E-state index in [4.69, 9.17) is 4.74 Å². The predicted octanol–water partition coefficient (Wildman–Crippen LogP) is 3.13. The number of aromatic nitrogens is 1. The number of nitro groups is 1. The van der Waals surface area contributed by atoms with Crippen LogP contribution in [-0.4, -0.2) is 21.2 Å². The van der Waals surface area contributed by atoms with Gasteiger partial charge in [0, 0.05) is 17.5 Å². The predicted molar refractivity (Wildman–Crippen MR) is 69.1 cm³/mol. The Morgan fingerprint density at radius 2 is 2.11 bits per heavy atom. The maximum atomic E-state index is 11.9. The number of non-ortho nitro benzene ring substituents is 1. The molecule has 0 unspecified atom stereocenters. The van der Waals surface area contributed by atoms with Crippen molar-refractivity contribution in [2.75, 3.05) is 0 Å². The first-order valence-electron chi connectivity index (χ1n) is 5.69. The molecule has 0 saturated carbocycles. The van der Waals surface area contributed by atoms with E-state index in [-0.39, 0.29) is 5.69 Å². The first-order valence-corrected chi connectivity index (χ1v) is 5.69. The molecule has 0 atom stereocenters. The quantitative estimate of drug-likeness (QED) is 0.583. The maximum absolute atomic E-state index is 11.9. The SMILES string of the molecule is CC(C)(C)OC(=O)n1[c]cc2cc([N+](=O)[O-])ccc21. The zero-order chi connectivity index (χ0) is 14.2. The summed E-state index contributed by atoms with van der Waals surface area (Å²) in [4.78, 5) is 22.1. The molecule has 2 aromatic rings. The van der Waals surface area contributed by atoms with E-state index in [2.05, 4.69) is 6.20 Å². The van der Waals surface area contributed by atoms with Crippen molar-refractivity contribution in [3.8, 4) is 0 Å². The zero-order valence-electron chi connectivity index (χ0n) is 10.8. The normalized spacial score (nSPS) is 11.5. The van der Waals surface area contributed by atoms with Gasteiger partial charge in [0.25, 0.3) is 5.69 Å². The highest BCUT2D eigenvalue weighted by molar-refractivity contribution is 5.90. The van der Waals surface area contributed by atoms with E-state index in [0.29, 0.717) is 10.9 Å². The highest BCUT2D eigenvalue weighted by Crippen LogP contribution is 2.22. The molecule has 0 aliphatic carbocycles. The third kappa shape index (κ3) is 2.73. The Morgan fingerprint density at radius 1 is 1.42 bits per heavy atom. The lowest BCUT2D eigenvalue weighted by Gasteiger charge is -2.19. The molecule has 19 heavy (non-hydrogen) atoms. The van der Waals surface area contributed by atoms with Gasteiger partial charge < -0.3 is 4.74 Å². The minimum Gasteiger partial charge on any atom is -0.443 e. The van der Waals surface area contributed by atoms with Crippen LogP contribution in [0.25, 0.3) is 10.9 Å². The van der Waals surface area contributed by atoms with Crippen LogP contribution in [0.5, 0.6) is 0 Å². The van der Waals surface area contributed by atoms with Gasteiger partial charge in [-0.15, -0.1) is 0 Å². The average molecular weight is 261 g/mol. The number of nitrogens with zero attached hydrogens (tertiary/aromatic N) is 2. The molecule has 0 aliphatic heterocycles. The molecule has 99 valence electrons. The number of ether oxygens (including phenoxy) is 1. The van der Waals surface area contributed by atoms with E-state index in [9.17, 15) is 14.9 Å². The summed E-state index contributed by atoms with van der Waals surface area (Å²) in [5, 5.41) is 11.2.